The molecule has 0 aliphatic carbocycles. The first-order valence-corrected chi connectivity index (χ1v) is 7.75. The van der Waals surface area contributed by atoms with Crippen LogP contribution in [0.2, 0.25) is 0 Å². The van der Waals surface area contributed by atoms with E-state index in [-0.39, 0.29) is 0 Å². The molecule has 98 valence electrons. The molecular formula is C14H14BrN3S. The second-order valence-electron chi connectivity index (χ2n) is 4.41. The number of imidazole rings is 1. The summed E-state index contributed by atoms with van der Waals surface area (Å²) in [6, 6.07) is 10.4. The van der Waals surface area contributed by atoms with Crippen LogP contribution in [0, 0.1) is 0 Å². The maximum Gasteiger partial charge on any atom is 0.123 e. The molecular weight excluding hydrogens is 322 g/mol. The molecule has 1 aromatic carbocycles. The van der Waals surface area contributed by atoms with E-state index in [0.717, 1.165) is 28.9 Å². The quantitative estimate of drug-likeness (QED) is 0.788. The summed E-state index contributed by atoms with van der Waals surface area (Å²) in [6.45, 7) is 1.65. The van der Waals surface area contributed by atoms with Gasteiger partial charge in [-0.05, 0) is 34.1 Å². The SMILES string of the molecule is Cn1c(CNCc2cc(Br)cs2)nc2ccccc21. The van der Waals surface area contributed by atoms with Crippen molar-refractivity contribution in [1.29, 1.82) is 0 Å². The van der Waals surface area contributed by atoms with Gasteiger partial charge in [0.1, 0.15) is 5.82 Å². The summed E-state index contributed by atoms with van der Waals surface area (Å²) in [7, 11) is 2.06. The lowest BCUT2D eigenvalue weighted by Gasteiger charge is -2.03. The molecule has 0 atom stereocenters. The van der Waals surface area contributed by atoms with Gasteiger partial charge < -0.3 is 9.88 Å². The van der Waals surface area contributed by atoms with Crippen molar-refractivity contribution in [1.82, 2.24) is 14.9 Å². The fourth-order valence-electron chi connectivity index (χ4n) is 2.10. The van der Waals surface area contributed by atoms with Gasteiger partial charge in [0, 0.05) is 28.3 Å². The zero-order valence-electron chi connectivity index (χ0n) is 10.6. The van der Waals surface area contributed by atoms with Gasteiger partial charge in [-0.25, -0.2) is 4.98 Å². The van der Waals surface area contributed by atoms with E-state index >= 15 is 0 Å². The number of halogens is 1. The molecule has 3 nitrogen and oxygen atoms in total. The number of nitrogens with zero attached hydrogens (tertiary/aromatic N) is 2. The van der Waals surface area contributed by atoms with Gasteiger partial charge in [0.05, 0.1) is 17.6 Å². The van der Waals surface area contributed by atoms with Gasteiger partial charge in [-0.2, -0.15) is 0 Å². The molecule has 0 bridgehead atoms. The first-order valence-electron chi connectivity index (χ1n) is 6.08. The number of thiophene rings is 1. The summed E-state index contributed by atoms with van der Waals surface area (Å²) in [6.07, 6.45) is 0. The average molecular weight is 336 g/mol. The maximum absolute atomic E-state index is 4.64. The Bertz CT molecular complexity index is 702. The number of aryl methyl sites for hydroxylation is 1. The Kier molecular flexibility index (Phi) is 3.68. The minimum absolute atomic E-state index is 0.778. The molecule has 0 aliphatic heterocycles. The Labute approximate surface area is 124 Å². The van der Waals surface area contributed by atoms with Crippen LogP contribution in [0.5, 0.6) is 0 Å². The number of hydrogen-bond acceptors (Lipinski definition) is 3. The molecule has 1 N–H and O–H groups in total. The standard InChI is InChI=1S/C14H14BrN3S/c1-18-13-5-3-2-4-12(13)17-14(18)8-16-7-11-6-10(15)9-19-11/h2-6,9,16H,7-8H2,1H3. The lowest BCUT2D eigenvalue weighted by molar-refractivity contribution is 0.648. The second-order valence-corrected chi connectivity index (χ2v) is 6.32. The number of para-hydroxylation sites is 2. The van der Waals surface area contributed by atoms with Gasteiger partial charge in [0.25, 0.3) is 0 Å². The normalized spacial score (nSPS) is 11.3. The van der Waals surface area contributed by atoms with Gasteiger partial charge in [0.2, 0.25) is 0 Å². The number of nitrogens with one attached hydrogen (secondary N) is 1. The maximum atomic E-state index is 4.64. The molecule has 0 fully saturated rings. The van der Waals surface area contributed by atoms with Gasteiger partial charge in [-0.15, -0.1) is 11.3 Å². The smallest absolute Gasteiger partial charge is 0.123 e. The van der Waals surface area contributed by atoms with Gasteiger partial charge in [-0.3, -0.25) is 0 Å². The van der Waals surface area contributed by atoms with E-state index < -0.39 is 0 Å². The third-order valence-electron chi connectivity index (χ3n) is 3.08. The Morgan fingerprint density at radius 1 is 1.32 bits per heavy atom. The molecule has 0 spiro atoms. The Morgan fingerprint density at radius 3 is 2.89 bits per heavy atom. The second kappa shape index (κ2) is 5.45. The minimum atomic E-state index is 0.778. The van der Waals surface area contributed by atoms with Crippen LogP contribution in [-0.2, 0) is 20.1 Å². The van der Waals surface area contributed by atoms with Crippen molar-refractivity contribution < 1.29 is 0 Å². The molecule has 3 aromatic rings. The highest BCUT2D eigenvalue weighted by atomic mass is 79.9. The van der Waals surface area contributed by atoms with E-state index in [1.807, 2.05) is 12.1 Å². The van der Waals surface area contributed by atoms with Crippen LogP contribution in [0.15, 0.2) is 40.2 Å². The van der Waals surface area contributed by atoms with E-state index in [0.29, 0.717) is 0 Å². The van der Waals surface area contributed by atoms with Crippen LogP contribution in [-0.4, -0.2) is 9.55 Å². The first-order chi connectivity index (χ1) is 9.24. The zero-order valence-corrected chi connectivity index (χ0v) is 13.0. The summed E-state index contributed by atoms with van der Waals surface area (Å²) in [5, 5.41) is 5.54. The topological polar surface area (TPSA) is 29.9 Å². The number of fused-ring (bicyclic) bond motifs is 1. The highest BCUT2D eigenvalue weighted by Gasteiger charge is 2.06. The summed E-state index contributed by atoms with van der Waals surface area (Å²) in [5.74, 6) is 1.07. The highest BCUT2D eigenvalue weighted by molar-refractivity contribution is 9.10. The van der Waals surface area contributed by atoms with Gasteiger partial charge in [-0.1, -0.05) is 12.1 Å². The lowest BCUT2D eigenvalue weighted by Crippen LogP contribution is -2.15. The third kappa shape index (κ3) is 2.73. The van der Waals surface area contributed by atoms with Crippen LogP contribution < -0.4 is 5.32 Å². The molecule has 2 heterocycles. The zero-order chi connectivity index (χ0) is 13.2. The molecule has 0 radical (unpaired) electrons. The molecule has 5 heteroatoms. The van der Waals surface area contributed by atoms with Crippen LogP contribution in [0.4, 0.5) is 0 Å². The molecule has 0 saturated heterocycles. The Morgan fingerprint density at radius 2 is 2.16 bits per heavy atom. The largest absolute Gasteiger partial charge is 0.330 e. The van der Waals surface area contributed by atoms with Crippen LogP contribution in [0.3, 0.4) is 0 Å². The third-order valence-corrected chi connectivity index (χ3v) is 4.78. The summed E-state index contributed by atoms with van der Waals surface area (Å²) in [5.41, 5.74) is 2.24. The monoisotopic (exact) mass is 335 g/mol. The van der Waals surface area contributed by atoms with Gasteiger partial charge in [0.15, 0.2) is 0 Å². The number of hydrogen-bond donors (Lipinski definition) is 1. The molecule has 0 unspecified atom stereocenters. The van der Waals surface area contributed by atoms with E-state index in [4.69, 9.17) is 0 Å². The molecule has 0 amide bonds. The fraction of sp³-hybridized carbons (Fsp3) is 0.214. The average Bonchev–Trinajstić information content (AvgIpc) is 2.96. The number of rotatable bonds is 4. The predicted molar refractivity (Wildman–Crippen MR) is 83.3 cm³/mol. The van der Waals surface area contributed by atoms with Crippen LogP contribution in [0.25, 0.3) is 11.0 Å². The fourth-order valence-corrected chi connectivity index (χ4v) is 3.52. The summed E-state index contributed by atoms with van der Waals surface area (Å²) < 4.78 is 3.30. The molecule has 2 aromatic heterocycles. The predicted octanol–water partition coefficient (Wildman–Crippen LogP) is 3.69. The van der Waals surface area contributed by atoms with Crippen molar-refractivity contribution in [2.75, 3.05) is 0 Å². The van der Waals surface area contributed by atoms with Crippen molar-refractivity contribution in [2.45, 2.75) is 13.1 Å². The van der Waals surface area contributed by atoms with E-state index in [1.165, 1.54) is 10.4 Å². The Hall–Kier alpha value is -1.17. The van der Waals surface area contributed by atoms with Gasteiger partial charge >= 0.3 is 0 Å². The first kappa shape index (κ1) is 12.8. The van der Waals surface area contributed by atoms with Crippen molar-refractivity contribution in [3.63, 3.8) is 0 Å². The van der Waals surface area contributed by atoms with Crippen molar-refractivity contribution >= 4 is 38.3 Å². The highest BCUT2D eigenvalue weighted by Crippen LogP contribution is 2.19. The number of aromatic nitrogens is 2. The van der Waals surface area contributed by atoms with Crippen LogP contribution >= 0.6 is 27.3 Å². The molecule has 0 saturated carbocycles. The van der Waals surface area contributed by atoms with E-state index in [1.54, 1.807) is 11.3 Å². The van der Waals surface area contributed by atoms with Crippen LogP contribution in [0.1, 0.15) is 10.7 Å². The summed E-state index contributed by atoms with van der Waals surface area (Å²) in [4.78, 5) is 5.97. The summed E-state index contributed by atoms with van der Waals surface area (Å²) >= 11 is 5.23. The van der Waals surface area contributed by atoms with Crippen molar-refractivity contribution in [3.05, 3.63) is 50.9 Å². The number of benzene rings is 1. The van der Waals surface area contributed by atoms with Crippen molar-refractivity contribution in [3.8, 4) is 0 Å². The van der Waals surface area contributed by atoms with Crippen molar-refractivity contribution in [2.24, 2.45) is 7.05 Å². The van der Waals surface area contributed by atoms with E-state index in [9.17, 15) is 0 Å². The lowest BCUT2D eigenvalue weighted by atomic mass is 10.3. The molecule has 19 heavy (non-hydrogen) atoms. The molecule has 0 aliphatic rings. The van der Waals surface area contributed by atoms with E-state index in [2.05, 4.69) is 61.4 Å². The minimum Gasteiger partial charge on any atom is -0.330 e. The molecule has 3 rings (SSSR count). The Balaban J connectivity index is 1.70.